The molecule has 23 heavy (non-hydrogen) atoms. The first-order valence-corrected chi connectivity index (χ1v) is 6.97. The lowest BCUT2D eigenvalue weighted by Gasteiger charge is -2.09. The number of nitro groups is 1. The van der Waals surface area contributed by atoms with Crippen LogP contribution in [-0.2, 0) is 0 Å². The number of aryl methyl sites for hydroxylation is 2. The van der Waals surface area contributed by atoms with Gasteiger partial charge in [0, 0.05) is 11.9 Å². The van der Waals surface area contributed by atoms with Crippen LogP contribution in [0.1, 0.15) is 11.1 Å². The summed E-state index contributed by atoms with van der Waals surface area (Å²) < 4.78 is 1.16. The normalized spacial score (nSPS) is 10.7. The van der Waals surface area contributed by atoms with Crippen molar-refractivity contribution in [3.05, 3.63) is 74.2 Å². The van der Waals surface area contributed by atoms with Crippen molar-refractivity contribution in [3.8, 4) is 0 Å². The van der Waals surface area contributed by atoms with Gasteiger partial charge in [0.1, 0.15) is 5.65 Å². The molecule has 3 rings (SSSR count). The summed E-state index contributed by atoms with van der Waals surface area (Å²) in [7, 11) is 0. The Bertz CT molecular complexity index is 958. The van der Waals surface area contributed by atoms with Crippen LogP contribution in [0.3, 0.4) is 0 Å². The highest BCUT2D eigenvalue weighted by Crippen LogP contribution is 2.24. The van der Waals surface area contributed by atoms with E-state index in [2.05, 4.69) is 10.3 Å². The third-order valence-electron chi connectivity index (χ3n) is 3.38. The highest BCUT2D eigenvalue weighted by atomic mass is 16.6. The second kappa shape index (κ2) is 5.53. The average molecular weight is 310 g/mol. The van der Waals surface area contributed by atoms with E-state index in [-0.39, 0.29) is 5.82 Å². The van der Waals surface area contributed by atoms with Crippen LogP contribution in [0.5, 0.6) is 0 Å². The van der Waals surface area contributed by atoms with Crippen LogP contribution in [0.2, 0.25) is 0 Å². The molecule has 1 N–H and O–H groups in total. The molecule has 0 aliphatic rings. The maximum Gasteiger partial charge on any atom is 0.376 e. The van der Waals surface area contributed by atoms with E-state index in [1.807, 2.05) is 32.0 Å². The summed E-state index contributed by atoms with van der Waals surface area (Å²) in [5.41, 5.74) is 1.72. The number of nitrogens with zero attached hydrogens (tertiary/aromatic N) is 3. The number of nitrogens with one attached hydrogen (secondary N) is 1. The molecule has 7 nitrogen and oxygen atoms in total. The molecule has 7 heteroatoms. The molecule has 0 aliphatic carbocycles. The Kier molecular flexibility index (Phi) is 3.53. The van der Waals surface area contributed by atoms with Crippen LogP contribution in [0, 0.1) is 24.0 Å². The minimum absolute atomic E-state index is 0.0591. The number of rotatable bonds is 3. The summed E-state index contributed by atoms with van der Waals surface area (Å²) >= 11 is 0. The molecule has 116 valence electrons. The highest BCUT2D eigenvalue weighted by molar-refractivity contribution is 5.68. The van der Waals surface area contributed by atoms with Gasteiger partial charge in [-0.05, 0) is 49.2 Å². The molecule has 0 bridgehead atoms. The molecule has 0 saturated carbocycles. The van der Waals surface area contributed by atoms with Gasteiger partial charge in [-0.1, -0.05) is 12.1 Å². The standard InChI is InChI=1S/C16H14N4O3/c1-10-7-11(2)9-12(8-10)17-15-14(20(22)23)16(21)19-6-4-3-5-13(19)18-15/h3-9,17H,1-2H3. The number of hydrogen-bond donors (Lipinski definition) is 1. The first kappa shape index (κ1) is 14.7. The predicted octanol–water partition coefficient (Wildman–Crippen LogP) is 2.96. The van der Waals surface area contributed by atoms with E-state index in [0.29, 0.717) is 11.3 Å². The molecule has 0 fully saturated rings. The summed E-state index contributed by atoms with van der Waals surface area (Å²) in [6, 6.07) is 10.6. The van der Waals surface area contributed by atoms with Crippen molar-refractivity contribution >= 4 is 22.8 Å². The Morgan fingerprint density at radius 2 is 1.87 bits per heavy atom. The van der Waals surface area contributed by atoms with Gasteiger partial charge in [0.15, 0.2) is 0 Å². The van der Waals surface area contributed by atoms with Crippen molar-refractivity contribution in [1.29, 1.82) is 0 Å². The Balaban J connectivity index is 2.21. The van der Waals surface area contributed by atoms with Gasteiger partial charge in [0.25, 0.3) is 0 Å². The molecule has 1 aromatic carbocycles. The molecular formula is C16H14N4O3. The van der Waals surface area contributed by atoms with Crippen LogP contribution in [-0.4, -0.2) is 14.3 Å². The van der Waals surface area contributed by atoms with Gasteiger partial charge in [-0.3, -0.25) is 19.3 Å². The molecule has 0 unspecified atom stereocenters. The zero-order valence-electron chi connectivity index (χ0n) is 12.6. The SMILES string of the molecule is Cc1cc(C)cc(Nc2nc3ccccn3c(=O)c2[N+](=O)[O-])c1. The Morgan fingerprint density at radius 1 is 1.17 bits per heavy atom. The molecule has 3 aromatic rings. The molecule has 2 heterocycles. The van der Waals surface area contributed by atoms with E-state index in [1.165, 1.54) is 6.20 Å². The second-order valence-corrected chi connectivity index (χ2v) is 5.30. The maximum absolute atomic E-state index is 12.4. The maximum atomic E-state index is 12.4. The number of hydrogen-bond acceptors (Lipinski definition) is 5. The van der Waals surface area contributed by atoms with Crippen molar-refractivity contribution in [1.82, 2.24) is 9.38 Å². The molecule has 2 aromatic heterocycles. The van der Waals surface area contributed by atoms with Crippen LogP contribution in [0.4, 0.5) is 17.2 Å². The van der Waals surface area contributed by atoms with Crippen molar-refractivity contribution in [2.45, 2.75) is 13.8 Å². The van der Waals surface area contributed by atoms with Crippen molar-refractivity contribution in [2.75, 3.05) is 5.32 Å². The largest absolute Gasteiger partial charge is 0.376 e. The van der Waals surface area contributed by atoms with E-state index >= 15 is 0 Å². The number of aromatic nitrogens is 2. The van der Waals surface area contributed by atoms with E-state index in [0.717, 1.165) is 15.5 Å². The molecule has 0 amide bonds. The summed E-state index contributed by atoms with van der Waals surface area (Å²) in [5.74, 6) is -0.0591. The van der Waals surface area contributed by atoms with Gasteiger partial charge in [0.2, 0.25) is 5.82 Å². The summed E-state index contributed by atoms with van der Waals surface area (Å²) in [6.07, 6.45) is 1.46. The molecule has 0 spiro atoms. The number of fused-ring (bicyclic) bond motifs is 1. The fraction of sp³-hybridized carbons (Fsp3) is 0.125. The van der Waals surface area contributed by atoms with E-state index < -0.39 is 16.2 Å². The zero-order valence-corrected chi connectivity index (χ0v) is 12.6. The lowest BCUT2D eigenvalue weighted by molar-refractivity contribution is -0.385. The van der Waals surface area contributed by atoms with E-state index in [4.69, 9.17) is 0 Å². The van der Waals surface area contributed by atoms with Crippen molar-refractivity contribution in [2.24, 2.45) is 0 Å². The first-order chi connectivity index (χ1) is 11.0. The van der Waals surface area contributed by atoms with Gasteiger partial charge in [0.05, 0.1) is 4.92 Å². The topological polar surface area (TPSA) is 89.5 Å². The minimum Gasteiger partial charge on any atom is -0.334 e. The van der Waals surface area contributed by atoms with E-state index in [9.17, 15) is 14.9 Å². The Hall–Kier alpha value is -3.22. The molecule has 0 aliphatic heterocycles. The van der Waals surface area contributed by atoms with Crippen molar-refractivity contribution in [3.63, 3.8) is 0 Å². The van der Waals surface area contributed by atoms with Crippen molar-refractivity contribution < 1.29 is 4.92 Å². The summed E-state index contributed by atoms with van der Waals surface area (Å²) in [5, 5.41) is 14.2. The van der Waals surface area contributed by atoms with Gasteiger partial charge in [-0.25, -0.2) is 4.98 Å². The second-order valence-electron chi connectivity index (χ2n) is 5.30. The van der Waals surface area contributed by atoms with Gasteiger partial charge < -0.3 is 5.32 Å². The fourth-order valence-electron chi connectivity index (χ4n) is 2.52. The quantitative estimate of drug-likeness (QED) is 0.593. The van der Waals surface area contributed by atoms with Gasteiger partial charge in [-0.2, -0.15) is 0 Å². The molecule has 0 radical (unpaired) electrons. The monoisotopic (exact) mass is 310 g/mol. The predicted molar refractivity (Wildman–Crippen MR) is 87.3 cm³/mol. The van der Waals surface area contributed by atoms with Crippen LogP contribution in [0.25, 0.3) is 5.65 Å². The Labute approximate surface area is 131 Å². The summed E-state index contributed by atoms with van der Waals surface area (Å²) in [4.78, 5) is 27.2. The summed E-state index contributed by atoms with van der Waals surface area (Å²) in [6.45, 7) is 3.85. The van der Waals surface area contributed by atoms with Crippen LogP contribution >= 0.6 is 0 Å². The average Bonchev–Trinajstić information content (AvgIpc) is 2.46. The number of anilines is 2. The minimum atomic E-state index is -0.715. The highest BCUT2D eigenvalue weighted by Gasteiger charge is 2.23. The molecule has 0 atom stereocenters. The third-order valence-corrected chi connectivity index (χ3v) is 3.38. The van der Waals surface area contributed by atoms with Gasteiger partial charge in [-0.15, -0.1) is 0 Å². The fourth-order valence-corrected chi connectivity index (χ4v) is 2.52. The molecular weight excluding hydrogens is 296 g/mol. The zero-order chi connectivity index (χ0) is 16.6. The first-order valence-electron chi connectivity index (χ1n) is 6.97. The number of pyridine rings is 1. The lowest BCUT2D eigenvalue weighted by atomic mass is 10.1. The third kappa shape index (κ3) is 2.76. The van der Waals surface area contributed by atoms with E-state index in [1.54, 1.807) is 18.2 Å². The van der Waals surface area contributed by atoms with Crippen LogP contribution < -0.4 is 10.9 Å². The van der Waals surface area contributed by atoms with Crippen LogP contribution in [0.15, 0.2) is 47.4 Å². The molecule has 0 saturated heterocycles. The number of benzene rings is 1. The smallest absolute Gasteiger partial charge is 0.334 e. The lowest BCUT2D eigenvalue weighted by Crippen LogP contribution is -2.20. The Morgan fingerprint density at radius 3 is 2.52 bits per heavy atom. The van der Waals surface area contributed by atoms with Gasteiger partial charge >= 0.3 is 11.2 Å².